The summed E-state index contributed by atoms with van der Waals surface area (Å²) in [5, 5.41) is 2.35. The smallest absolute Gasteiger partial charge is 0.227 e. The normalized spacial score (nSPS) is 12.7. The summed E-state index contributed by atoms with van der Waals surface area (Å²) in [6.07, 6.45) is 0. The minimum atomic E-state index is -0.244. The highest BCUT2D eigenvalue weighted by atomic mass is 16.3. The van der Waals surface area contributed by atoms with Gasteiger partial charge in [-0.25, -0.2) is 19.9 Å². The van der Waals surface area contributed by atoms with Gasteiger partial charge in [-0.3, -0.25) is 0 Å². The number of fused-ring (bicyclic) bond motifs is 8. The quantitative estimate of drug-likeness (QED) is 0.160. The maximum atomic E-state index is 6.59. The van der Waals surface area contributed by atoms with Crippen molar-refractivity contribution in [3.05, 3.63) is 223 Å². The van der Waals surface area contributed by atoms with Crippen molar-refractivity contribution in [2.75, 3.05) is 0 Å². The molecular weight excluding hydrogens is 819 g/mol. The van der Waals surface area contributed by atoms with Gasteiger partial charge >= 0.3 is 0 Å². The second kappa shape index (κ2) is 15.2. The average molecular weight is 860 g/mol. The van der Waals surface area contributed by atoms with Crippen LogP contribution in [0.4, 0.5) is 0 Å². The number of hydrogen-bond acceptors (Lipinski definition) is 5. The molecule has 0 radical (unpaired) electrons. The molecule has 6 heteroatoms. The van der Waals surface area contributed by atoms with Crippen LogP contribution in [0.1, 0.15) is 25.0 Å². The molecule has 0 N–H and O–H groups in total. The Labute approximate surface area is 387 Å². The standard InChI is InChI=1S/C61H41N5O/c1-61(2)50-30-31-52-56(67-60(62-52)41-22-13-6-14-23-41)55(50)47-29-26-44(37-51(47)61)43-28-33-54-49(36-43)48-35-42(38-16-7-3-8-17-38)27-32-53(48)66(54)46-25-15-24-45(34-46)59-64-57(39-18-9-4-10-19-39)63-58(65-59)40-20-11-5-12-21-40/h3-37H,1-2H3. The van der Waals surface area contributed by atoms with Crippen LogP contribution in [0.3, 0.4) is 0 Å². The highest BCUT2D eigenvalue weighted by molar-refractivity contribution is 6.12. The van der Waals surface area contributed by atoms with Crippen molar-refractivity contribution in [3.63, 3.8) is 0 Å². The van der Waals surface area contributed by atoms with Crippen LogP contribution >= 0.6 is 0 Å². The van der Waals surface area contributed by atoms with Crippen molar-refractivity contribution in [2.45, 2.75) is 19.3 Å². The molecule has 12 aromatic rings. The van der Waals surface area contributed by atoms with Gasteiger partial charge in [0, 0.05) is 49.7 Å². The maximum absolute atomic E-state index is 6.59. The van der Waals surface area contributed by atoms with Crippen LogP contribution in [-0.4, -0.2) is 24.5 Å². The number of rotatable bonds is 7. The molecule has 316 valence electrons. The fourth-order valence-corrected chi connectivity index (χ4v) is 10.1. The van der Waals surface area contributed by atoms with Crippen LogP contribution in [-0.2, 0) is 5.41 Å². The van der Waals surface area contributed by atoms with E-state index in [0.29, 0.717) is 23.4 Å². The Morgan fingerprint density at radius 1 is 0.388 bits per heavy atom. The van der Waals surface area contributed by atoms with E-state index in [9.17, 15) is 0 Å². The van der Waals surface area contributed by atoms with Gasteiger partial charge in [0.1, 0.15) is 5.52 Å². The van der Waals surface area contributed by atoms with E-state index in [1.54, 1.807) is 0 Å². The Morgan fingerprint density at radius 3 is 1.51 bits per heavy atom. The minimum Gasteiger partial charge on any atom is -0.435 e. The predicted octanol–water partition coefficient (Wildman–Crippen LogP) is 15.4. The van der Waals surface area contributed by atoms with E-state index in [-0.39, 0.29) is 5.41 Å². The average Bonchev–Trinajstić information content (AvgIpc) is 4.05. The molecule has 67 heavy (non-hydrogen) atoms. The molecule has 0 saturated heterocycles. The van der Waals surface area contributed by atoms with E-state index < -0.39 is 0 Å². The van der Waals surface area contributed by atoms with Gasteiger partial charge in [-0.1, -0.05) is 166 Å². The van der Waals surface area contributed by atoms with Gasteiger partial charge in [0.25, 0.3) is 0 Å². The minimum absolute atomic E-state index is 0.244. The van der Waals surface area contributed by atoms with E-state index in [1.807, 2.05) is 91.0 Å². The second-order valence-electron chi connectivity index (χ2n) is 17.9. The summed E-state index contributed by atoms with van der Waals surface area (Å²) in [4.78, 5) is 20.0. The molecule has 0 spiro atoms. The topological polar surface area (TPSA) is 69.6 Å². The van der Waals surface area contributed by atoms with Crippen molar-refractivity contribution < 1.29 is 4.42 Å². The zero-order valence-corrected chi connectivity index (χ0v) is 36.9. The zero-order valence-electron chi connectivity index (χ0n) is 36.9. The van der Waals surface area contributed by atoms with Crippen molar-refractivity contribution in [3.8, 4) is 84.7 Å². The van der Waals surface area contributed by atoms with Gasteiger partial charge in [0.2, 0.25) is 5.89 Å². The number of oxazole rings is 1. The van der Waals surface area contributed by atoms with Crippen molar-refractivity contribution in [1.82, 2.24) is 24.5 Å². The summed E-state index contributed by atoms with van der Waals surface area (Å²) in [5.41, 5.74) is 18.0. The maximum Gasteiger partial charge on any atom is 0.227 e. The largest absolute Gasteiger partial charge is 0.435 e. The first-order valence-corrected chi connectivity index (χ1v) is 22.7. The molecular formula is C61H41N5O. The van der Waals surface area contributed by atoms with Gasteiger partial charge in [0.05, 0.1) is 11.0 Å². The molecule has 1 aliphatic rings. The first-order valence-electron chi connectivity index (χ1n) is 22.7. The molecule has 0 unspecified atom stereocenters. The summed E-state index contributed by atoms with van der Waals surface area (Å²) < 4.78 is 8.96. The third-order valence-corrected chi connectivity index (χ3v) is 13.5. The van der Waals surface area contributed by atoms with Crippen molar-refractivity contribution >= 4 is 32.9 Å². The van der Waals surface area contributed by atoms with Crippen LogP contribution in [0.2, 0.25) is 0 Å². The lowest BCUT2D eigenvalue weighted by Crippen LogP contribution is -2.14. The lowest BCUT2D eigenvalue weighted by molar-refractivity contribution is 0.618. The van der Waals surface area contributed by atoms with Gasteiger partial charge < -0.3 is 8.98 Å². The predicted molar refractivity (Wildman–Crippen MR) is 272 cm³/mol. The van der Waals surface area contributed by atoms with Gasteiger partial charge in [-0.05, 0) is 99.6 Å². The fraction of sp³-hybridized carbons (Fsp3) is 0.0492. The number of benzene rings is 9. The van der Waals surface area contributed by atoms with Gasteiger partial charge in [-0.15, -0.1) is 0 Å². The Hall–Kier alpha value is -8.74. The van der Waals surface area contributed by atoms with Crippen molar-refractivity contribution in [2.24, 2.45) is 0 Å². The molecule has 3 heterocycles. The summed E-state index contributed by atoms with van der Waals surface area (Å²) in [7, 11) is 0. The Kier molecular flexibility index (Phi) is 8.77. The van der Waals surface area contributed by atoms with Crippen LogP contribution in [0.15, 0.2) is 217 Å². The molecule has 0 bridgehead atoms. The van der Waals surface area contributed by atoms with E-state index in [1.165, 1.54) is 44.2 Å². The van der Waals surface area contributed by atoms with Crippen LogP contribution in [0.5, 0.6) is 0 Å². The highest BCUT2D eigenvalue weighted by Crippen LogP contribution is 2.53. The third kappa shape index (κ3) is 6.40. The van der Waals surface area contributed by atoms with Crippen molar-refractivity contribution in [1.29, 1.82) is 0 Å². The van der Waals surface area contributed by atoms with Gasteiger partial charge in [0.15, 0.2) is 23.1 Å². The fourth-order valence-electron chi connectivity index (χ4n) is 10.1. The molecule has 0 amide bonds. The van der Waals surface area contributed by atoms with Crippen LogP contribution < -0.4 is 0 Å². The van der Waals surface area contributed by atoms with E-state index >= 15 is 0 Å². The molecule has 13 rings (SSSR count). The number of aromatic nitrogens is 5. The number of hydrogen-bond donors (Lipinski definition) is 0. The molecule has 6 nitrogen and oxygen atoms in total. The number of nitrogens with zero attached hydrogens (tertiary/aromatic N) is 5. The molecule has 0 atom stereocenters. The molecule has 0 fully saturated rings. The molecule has 3 aromatic heterocycles. The monoisotopic (exact) mass is 859 g/mol. The van der Waals surface area contributed by atoms with Crippen LogP contribution in [0.25, 0.3) is 118 Å². The lowest BCUT2D eigenvalue weighted by Gasteiger charge is -2.22. The third-order valence-electron chi connectivity index (χ3n) is 13.5. The highest BCUT2D eigenvalue weighted by Gasteiger charge is 2.38. The Morgan fingerprint density at radius 2 is 0.896 bits per heavy atom. The molecule has 0 saturated carbocycles. The lowest BCUT2D eigenvalue weighted by atomic mass is 9.81. The summed E-state index contributed by atoms with van der Waals surface area (Å²) in [6, 6.07) is 74.6. The van der Waals surface area contributed by atoms with E-state index in [2.05, 4.69) is 140 Å². The Bertz CT molecular complexity index is 3820. The first-order chi connectivity index (χ1) is 32.9. The van der Waals surface area contributed by atoms with E-state index in [0.717, 1.165) is 61.2 Å². The second-order valence-corrected chi connectivity index (χ2v) is 17.9. The summed E-state index contributed by atoms with van der Waals surface area (Å²) in [5.74, 6) is 2.53. The van der Waals surface area contributed by atoms with E-state index in [4.69, 9.17) is 24.4 Å². The Balaban J connectivity index is 0.955. The van der Waals surface area contributed by atoms with Crippen LogP contribution in [0, 0.1) is 0 Å². The zero-order chi connectivity index (χ0) is 44.6. The summed E-state index contributed by atoms with van der Waals surface area (Å²) >= 11 is 0. The van der Waals surface area contributed by atoms with Gasteiger partial charge in [-0.2, -0.15) is 0 Å². The molecule has 0 aliphatic heterocycles. The molecule has 9 aromatic carbocycles. The SMILES string of the molecule is CC1(C)c2cc(-c3ccc4c(c3)c3cc(-c5ccccc5)ccc3n4-c3cccc(-c4nc(-c5ccccc5)nc(-c5ccccc5)n4)c3)ccc2-c2c1ccc1nc(-c3ccccc3)oc21. The summed E-state index contributed by atoms with van der Waals surface area (Å²) in [6.45, 7) is 4.64. The first kappa shape index (κ1) is 38.7. The molecule has 1 aliphatic carbocycles.